The van der Waals surface area contributed by atoms with E-state index in [1.807, 2.05) is 0 Å². The van der Waals surface area contributed by atoms with Crippen molar-refractivity contribution in [3.8, 4) is 0 Å². The van der Waals surface area contributed by atoms with Crippen molar-refractivity contribution >= 4 is 28.1 Å². The van der Waals surface area contributed by atoms with Crippen LogP contribution in [0.25, 0.3) is 10.8 Å². The number of thiocarbonyl (C=S) groups is 1. The van der Waals surface area contributed by atoms with Gasteiger partial charge < -0.3 is 15.1 Å². The average molecular weight is 341 g/mol. The molecule has 2 fully saturated rings. The zero-order valence-electron chi connectivity index (χ0n) is 14.1. The van der Waals surface area contributed by atoms with E-state index in [1.54, 1.807) is 4.90 Å². The maximum Gasteiger partial charge on any atom is 0.169 e. The molecule has 0 radical (unpaired) electrons. The third-order valence-corrected chi connectivity index (χ3v) is 5.58. The molecule has 1 heterocycles. The molecule has 2 aliphatic rings. The molecular weight excluding hydrogens is 314 g/mol. The second-order valence-corrected chi connectivity index (χ2v) is 7.52. The molecule has 1 aliphatic carbocycles. The van der Waals surface area contributed by atoms with Crippen molar-refractivity contribution in [2.45, 2.75) is 31.8 Å². The zero-order chi connectivity index (χ0) is 16.4. The molecule has 1 saturated heterocycles. The van der Waals surface area contributed by atoms with E-state index in [4.69, 9.17) is 12.2 Å². The van der Waals surface area contributed by atoms with Gasteiger partial charge >= 0.3 is 0 Å². The highest BCUT2D eigenvalue weighted by Gasteiger charge is 2.25. The van der Waals surface area contributed by atoms with E-state index in [-0.39, 0.29) is 0 Å². The van der Waals surface area contributed by atoms with Crippen LogP contribution in [0.5, 0.6) is 0 Å². The third-order valence-electron chi connectivity index (χ3n) is 5.21. The molecule has 2 aromatic carbocycles. The first-order valence-electron chi connectivity index (χ1n) is 9.15. The van der Waals surface area contributed by atoms with Crippen molar-refractivity contribution in [2.75, 3.05) is 26.2 Å². The average Bonchev–Trinajstić information content (AvgIpc) is 3.42. The molecule has 4 heteroatoms. The molecule has 0 aromatic heterocycles. The van der Waals surface area contributed by atoms with Crippen LogP contribution >= 0.6 is 12.2 Å². The summed E-state index contributed by atoms with van der Waals surface area (Å²) in [6.07, 6.45) is 3.78. The summed E-state index contributed by atoms with van der Waals surface area (Å²) >= 11 is 5.59. The fourth-order valence-corrected chi connectivity index (χ4v) is 3.99. The standard InChI is InChI=1S/C20H25N3S/c24-20(21-18-9-10-18)23-12-4-11-22(13-14-23)15-17-7-3-6-16-5-1-2-8-19(16)17/h1-3,5-8,18H,4,9-15H2,(H,21,24)/p+1. The van der Waals surface area contributed by atoms with E-state index < -0.39 is 0 Å². The highest BCUT2D eigenvalue weighted by atomic mass is 32.1. The van der Waals surface area contributed by atoms with E-state index in [0.29, 0.717) is 6.04 Å². The number of benzene rings is 2. The van der Waals surface area contributed by atoms with Gasteiger partial charge in [0.15, 0.2) is 5.11 Å². The summed E-state index contributed by atoms with van der Waals surface area (Å²) in [5.41, 5.74) is 1.47. The molecule has 1 saturated carbocycles. The van der Waals surface area contributed by atoms with Crippen LogP contribution in [-0.4, -0.2) is 42.2 Å². The van der Waals surface area contributed by atoms with Crippen LogP contribution in [0.3, 0.4) is 0 Å². The van der Waals surface area contributed by atoms with Crippen LogP contribution in [0.15, 0.2) is 42.5 Å². The molecule has 0 amide bonds. The molecule has 126 valence electrons. The number of hydrogen-bond acceptors (Lipinski definition) is 1. The highest BCUT2D eigenvalue weighted by molar-refractivity contribution is 7.80. The lowest BCUT2D eigenvalue weighted by Gasteiger charge is -2.23. The van der Waals surface area contributed by atoms with Gasteiger partial charge in [-0.2, -0.15) is 0 Å². The predicted octanol–water partition coefficient (Wildman–Crippen LogP) is 1.97. The summed E-state index contributed by atoms with van der Waals surface area (Å²) < 4.78 is 0. The van der Waals surface area contributed by atoms with Gasteiger partial charge in [0.25, 0.3) is 0 Å². The van der Waals surface area contributed by atoms with Gasteiger partial charge in [-0.25, -0.2) is 0 Å². The Morgan fingerprint density at radius 2 is 1.92 bits per heavy atom. The van der Waals surface area contributed by atoms with Gasteiger partial charge in [0.1, 0.15) is 6.54 Å². The van der Waals surface area contributed by atoms with Crippen molar-refractivity contribution < 1.29 is 4.90 Å². The SMILES string of the molecule is S=C(NC1CC1)N1CCC[NH+](Cc2cccc3ccccc23)CC1. The Morgan fingerprint density at radius 3 is 2.79 bits per heavy atom. The maximum absolute atomic E-state index is 5.59. The van der Waals surface area contributed by atoms with E-state index in [1.165, 1.54) is 42.1 Å². The second-order valence-electron chi connectivity index (χ2n) is 7.13. The first-order valence-corrected chi connectivity index (χ1v) is 9.56. The number of nitrogens with zero attached hydrogens (tertiary/aromatic N) is 1. The molecule has 0 bridgehead atoms. The Balaban J connectivity index is 1.40. The van der Waals surface area contributed by atoms with Crippen molar-refractivity contribution in [3.63, 3.8) is 0 Å². The predicted molar refractivity (Wildman–Crippen MR) is 103 cm³/mol. The van der Waals surface area contributed by atoms with Crippen molar-refractivity contribution in [1.82, 2.24) is 10.2 Å². The summed E-state index contributed by atoms with van der Waals surface area (Å²) in [6.45, 7) is 5.66. The minimum atomic E-state index is 0.653. The van der Waals surface area contributed by atoms with E-state index in [9.17, 15) is 0 Å². The van der Waals surface area contributed by atoms with Gasteiger partial charge in [-0.05, 0) is 35.8 Å². The summed E-state index contributed by atoms with van der Waals surface area (Å²) in [7, 11) is 0. The Labute approximate surface area is 149 Å². The van der Waals surface area contributed by atoms with Crippen molar-refractivity contribution in [1.29, 1.82) is 0 Å². The fraction of sp³-hybridized carbons (Fsp3) is 0.450. The third kappa shape index (κ3) is 3.70. The van der Waals surface area contributed by atoms with Crippen LogP contribution in [0.1, 0.15) is 24.8 Å². The summed E-state index contributed by atoms with van der Waals surface area (Å²) in [5.74, 6) is 0. The normalized spacial score (nSPS) is 21.5. The van der Waals surface area contributed by atoms with Crippen molar-refractivity contribution in [2.24, 2.45) is 0 Å². The lowest BCUT2D eigenvalue weighted by atomic mass is 10.0. The number of quaternary nitrogens is 1. The van der Waals surface area contributed by atoms with Crippen LogP contribution < -0.4 is 10.2 Å². The quantitative estimate of drug-likeness (QED) is 0.834. The maximum atomic E-state index is 5.59. The second kappa shape index (κ2) is 7.08. The van der Waals surface area contributed by atoms with E-state index in [0.717, 1.165) is 31.3 Å². The van der Waals surface area contributed by atoms with Gasteiger partial charge in [0.2, 0.25) is 0 Å². The van der Waals surface area contributed by atoms with E-state index in [2.05, 4.69) is 52.7 Å². The van der Waals surface area contributed by atoms with Crippen LogP contribution in [0, 0.1) is 0 Å². The van der Waals surface area contributed by atoms with Crippen LogP contribution in [-0.2, 0) is 6.54 Å². The largest absolute Gasteiger partial charge is 0.360 e. The number of nitrogens with one attached hydrogen (secondary N) is 2. The van der Waals surface area contributed by atoms with Gasteiger partial charge in [-0.15, -0.1) is 0 Å². The summed E-state index contributed by atoms with van der Waals surface area (Å²) in [5, 5.41) is 7.21. The van der Waals surface area contributed by atoms with Crippen LogP contribution in [0.4, 0.5) is 0 Å². The Kier molecular flexibility index (Phi) is 4.67. The fourth-order valence-electron chi connectivity index (χ4n) is 3.64. The molecule has 2 aromatic rings. The summed E-state index contributed by atoms with van der Waals surface area (Å²) in [4.78, 5) is 4.05. The topological polar surface area (TPSA) is 19.7 Å². The molecule has 1 atom stereocenters. The molecule has 4 rings (SSSR count). The molecule has 1 unspecified atom stereocenters. The molecule has 2 N–H and O–H groups in total. The zero-order valence-corrected chi connectivity index (χ0v) is 14.9. The molecule has 3 nitrogen and oxygen atoms in total. The highest BCUT2D eigenvalue weighted by Crippen LogP contribution is 2.19. The minimum absolute atomic E-state index is 0.653. The first-order chi connectivity index (χ1) is 11.8. The van der Waals surface area contributed by atoms with Gasteiger partial charge in [0, 0.05) is 24.6 Å². The smallest absolute Gasteiger partial charge is 0.169 e. The number of fused-ring (bicyclic) bond motifs is 1. The first kappa shape index (κ1) is 15.9. The number of rotatable bonds is 3. The number of hydrogen-bond donors (Lipinski definition) is 2. The van der Waals surface area contributed by atoms with Crippen molar-refractivity contribution in [3.05, 3.63) is 48.0 Å². The summed E-state index contributed by atoms with van der Waals surface area (Å²) in [6, 6.07) is 16.1. The minimum Gasteiger partial charge on any atom is -0.360 e. The monoisotopic (exact) mass is 340 g/mol. The van der Waals surface area contributed by atoms with Gasteiger partial charge in [0.05, 0.1) is 19.6 Å². The lowest BCUT2D eigenvalue weighted by Crippen LogP contribution is -3.11. The van der Waals surface area contributed by atoms with E-state index >= 15 is 0 Å². The van der Waals surface area contributed by atoms with Gasteiger partial charge in [-0.1, -0.05) is 42.5 Å². The molecular formula is C20H26N3S+. The Morgan fingerprint density at radius 1 is 1.08 bits per heavy atom. The molecule has 24 heavy (non-hydrogen) atoms. The lowest BCUT2D eigenvalue weighted by molar-refractivity contribution is -0.911. The van der Waals surface area contributed by atoms with Crippen LogP contribution in [0.2, 0.25) is 0 Å². The Hall–Kier alpha value is -1.65. The van der Waals surface area contributed by atoms with Gasteiger partial charge in [-0.3, -0.25) is 0 Å². The molecule has 1 aliphatic heterocycles. The Bertz CT molecular complexity index is 720. The molecule has 0 spiro atoms.